The maximum atomic E-state index is 12.6. The van der Waals surface area contributed by atoms with Crippen LogP contribution in [-0.4, -0.2) is 29.0 Å². The highest BCUT2D eigenvalue weighted by molar-refractivity contribution is 5.84. The van der Waals surface area contributed by atoms with Crippen molar-refractivity contribution < 1.29 is 20.0 Å². The number of amides is 1. The number of nitrogens with one attached hydrogen (secondary N) is 1. The average molecular weight is 310 g/mol. The van der Waals surface area contributed by atoms with Gasteiger partial charge in [0, 0.05) is 36.7 Å². The Hall–Kier alpha value is -1.10. The normalized spacial score (nSPS) is 31.5. The fourth-order valence-corrected chi connectivity index (χ4v) is 4.65. The third kappa shape index (κ3) is 4.22. The summed E-state index contributed by atoms with van der Waals surface area (Å²) in [6.07, 6.45) is 4.85. The molecule has 1 aliphatic heterocycles. The predicted molar refractivity (Wildman–Crippen MR) is 81.7 cm³/mol. The Morgan fingerprint density at radius 2 is 1.50 bits per heavy atom. The number of quaternary nitrogens is 1. The molecular weight excluding hydrogens is 280 g/mol. The molecule has 1 aliphatic carbocycles. The molecule has 1 saturated carbocycles. The Balaban J connectivity index is 2.02. The van der Waals surface area contributed by atoms with Gasteiger partial charge in [-0.15, -0.1) is 0 Å². The molecule has 0 aromatic rings. The summed E-state index contributed by atoms with van der Waals surface area (Å²) < 4.78 is 0. The summed E-state index contributed by atoms with van der Waals surface area (Å²) in [6.45, 7) is 8.77. The van der Waals surface area contributed by atoms with Crippen molar-refractivity contribution >= 4 is 11.9 Å². The summed E-state index contributed by atoms with van der Waals surface area (Å²) >= 11 is 0. The zero-order valence-corrected chi connectivity index (χ0v) is 14.3. The van der Waals surface area contributed by atoms with Gasteiger partial charge in [-0.05, 0) is 40.5 Å². The lowest BCUT2D eigenvalue weighted by molar-refractivity contribution is -0.788. The molecule has 2 aliphatic rings. The van der Waals surface area contributed by atoms with E-state index < -0.39 is 17.8 Å². The summed E-state index contributed by atoms with van der Waals surface area (Å²) in [4.78, 5) is 23.9. The molecule has 0 aromatic heterocycles. The second kappa shape index (κ2) is 6.19. The maximum absolute atomic E-state index is 12.6. The summed E-state index contributed by atoms with van der Waals surface area (Å²) in [6, 6.07) is 0.117. The highest BCUT2D eigenvalue weighted by atomic mass is 16.4. The van der Waals surface area contributed by atoms with E-state index in [-0.39, 0.29) is 23.0 Å². The second-order valence-corrected chi connectivity index (χ2v) is 8.55. The van der Waals surface area contributed by atoms with Gasteiger partial charge in [-0.3, -0.25) is 4.79 Å². The van der Waals surface area contributed by atoms with Crippen molar-refractivity contribution in [2.75, 3.05) is 0 Å². The fraction of sp³-hybridized carbons (Fsp3) is 0.882. The molecule has 2 fully saturated rings. The topological polar surface area (TPSA) is 85.8 Å². The number of carboxylic acid groups (broad SMARTS) is 1. The van der Waals surface area contributed by atoms with Crippen molar-refractivity contribution in [1.82, 2.24) is 5.32 Å². The van der Waals surface area contributed by atoms with Crippen LogP contribution in [0, 0.1) is 11.8 Å². The monoisotopic (exact) mass is 310 g/mol. The molecule has 5 nitrogen and oxygen atoms in total. The van der Waals surface area contributed by atoms with Gasteiger partial charge < -0.3 is 20.5 Å². The molecule has 1 amide bonds. The quantitative estimate of drug-likeness (QED) is 0.766. The first-order valence-electron chi connectivity index (χ1n) is 8.48. The number of piperidine rings is 1. The van der Waals surface area contributed by atoms with Crippen LogP contribution in [0.5, 0.6) is 0 Å². The van der Waals surface area contributed by atoms with Crippen molar-refractivity contribution in [1.29, 1.82) is 0 Å². The Morgan fingerprint density at radius 3 is 2.00 bits per heavy atom. The van der Waals surface area contributed by atoms with E-state index in [1.54, 1.807) is 0 Å². The Morgan fingerprint density at radius 1 is 1.00 bits per heavy atom. The smallest absolute Gasteiger partial charge is 0.223 e. The number of hydrogen-bond acceptors (Lipinski definition) is 3. The van der Waals surface area contributed by atoms with Gasteiger partial charge in [0.1, 0.15) is 0 Å². The lowest BCUT2D eigenvalue weighted by Crippen LogP contribution is -3.06. The van der Waals surface area contributed by atoms with Gasteiger partial charge in [0.05, 0.1) is 11.1 Å². The number of nitrogens with two attached hydrogens (primary N) is 1. The van der Waals surface area contributed by atoms with Crippen molar-refractivity contribution in [3.8, 4) is 0 Å². The highest BCUT2D eigenvalue weighted by Gasteiger charge is 2.43. The number of carbonyl (C=O) groups excluding carboxylic acids is 2. The van der Waals surface area contributed by atoms with Gasteiger partial charge in [0.15, 0.2) is 0 Å². The van der Waals surface area contributed by atoms with Gasteiger partial charge >= 0.3 is 0 Å². The van der Waals surface area contributed by atoms with Crippen LogP contribution in [0.4, 0.5) is 0 Å². The van der Waals surface area contributed by atoms with Gasteiger partial charge in [-0.25, -0.2) is 0 Å². The number of hydrogen-bond donors (Lipinski definition) is 2. The largest absolute Gasteiger partial charge is 0.550 e. The van der Waals surface area contributed by atoms with E-state index in [1.165, 1.54) is 0 Å². The molecule has 5 heteroatoms. The second-order valence-electron chi connectivity index (χ2n) is 8.55. The molecule has 0 aromatic carbocycles. The predicted octanol–water partition coefficient (Wildman–Crippen LogP) is -0.0581. The number of aliphatic carboxylic acids is 1. The van der Waals surface area contributed by atoms with E-state index in [0.717, 1.165) is 25.7 Å². The molecule has 0 radical (unpaired) electrons. The van der Waals surface area contributed by atoms with E-state index in [2.05, 4.69) is 38.3 Å². The third-order valence-corrected chi connectivity index (χ3v) is 5.08. The molecule has 126 valence electrons. The van der Waals surface area contributed by atoms with Crippen LogP contribution < -0.4 is 15.7 Å². The minimum Gasteiger partial charge on any atom is -0.550 e. The first-order valence-corrected chi connectivity index (χ1v) is 8.48. The number of carboxylic acids is 1. The van der Waals surface area contributed by atoms with Crippen LogP contribution in [0.15, 0.2) is 0 Å². The first-order chi connectivity index (χ1) is 10.1. The highest BCUT2D eigenvalue weighted by Crippen LogP contribution is 2.31. The molecule has 1 heterocycles. The summed E-state index contributed by atoms with van der Waals surface area (Å²) in [5.41, 5.74) is 0.167. The summed E-state index contributed by atoms with van der Waals surface area (Å²) in [7, 11) is 0. The molecular formula is C17H30N2O3. The average Bonchev–Trinajstić information content (AvgIpc) is 2.34. The molecule has 0 unspecified atom stereocenters. The lowest BCUT2D eigenvalue weighted by Gasteiger charge is -2.43. The van der Waals surface area contributed by atoms with Crippen LogP contribution in [0.3, 0.4) is 0 Å². The van der Waals surface area contributed by atoms with Crippen LogP contribution in [0.25, 0.3) is 0 Å². The van der Waals surface area contributed by atoms with Crippen molar-refractivity contribution in [3.05, 3.63) is 0 Å². The van der Waals surface area contributed by atoms with Crippen molar-refractivity contribution in [2.45, 2.75) is 83.3 Å². The Labute approximate surface area is 133 Å². The van der Waals surface area contributed by atoms with Crippen molar-refractivity contribution in [3.63, 3.8) is 0 Å². The van der Waals surface area contributed by atoms with Crippen LogP contribution in [-0.2, 0) is 9.59 Å². The zero-order chi connectivity index (χ0) is 16.5. The Kier molecular flexibility index (Phi) is 4.85. The van der Waals surface area contributed by atoms with E-state index in [1.807, 2.05) is 0 Å². The van der Waals surface area contributed by atoms with Crippen LogP contribution in [0.1, 0.15) is 66.2 Å². The SMILES string of the molecule is CC1(C)CC(NC(=O)[C@@H]2CCCC[C@H]2C(=O)[O-])CC(C)(C)[NH2+]1. The third-order valence-electron chi connectivity index (χ3n) is 5.08. The molecule has 2 atom stereocenters. The zero-order valence-electron chi connectivity index (χ0n) is 14.3. The standard InChI is InChI=1S/C17H30N2O3/c1-16(2)9-11(10-17(3,4)19-16)18-14(20)12-7-5-6-8-13(12)15(21)22/h11-13,19H,5-10H2,1-4H3,(H,18,20)(H,21,22)/t12-,13-/m1/s1. The van der Waals surface area contributed by atoms with Crippen LogP contribution >= 0.6 is 0 Å². The lowest BCUT2D eigenvalue weighted by atomic mass is 9.77. The van der Waals surface area contributed by atoms with Gasteiger partial charge in [0.25, 0.3) is 0 Å². The van der Waals surface area contributed by atoms with E-state index in [0.29, 0.717) is 12.8 Å². The minimum absolute atomic E-state index is 0.0833. The molecule has 2 rings (SSSR count). The summed E-state index contributed by atoms with van der Waals surface area (Å²) in [5, 5.41) is 16.8. The minimum atomic E-state index is -1.07. The fourth-order valence-electron chi connectivity index (χ4n) is 4.65. The molecule has 0 spiro atoms. The molecule has 0 bridgehead atoms. The van der Waals surface area contributed by atoms with Crippen LogP contribution in [0.2, 0.25) is 0 Å². The summed E-state index contributed by atoms with van der Waals surface area (Å²) in [5.74, 6) is -2.20. The number of carbonyl (C=O) groups is 2. The number of rotatable bonds is 3. The van der Waals surface area contributed by atoms with E-state index in [9.17, 15) is 14.7 Å². The van der Waals surface area contributed by atoms with E-state index in [4.69, 9.17) is 0 Å². The Bertz CT molecular complexity index is 429. The molecule has 3 N–H and O–H groups in total. The van der Waals surface area contributed by atoms with Gasteiger partial charge in [0.2, 0.25) is 5.91 Å². The van der Waals surface area contributed by atoms with Crippen molar-refractivity contribution in [2.24, 2.45) is 11.8 Å². The first kappa shape index (κ1) is 17.3. The molecule has 22 heavy (non-hydrogen) atoms. The van der Waals surface area contributed by atoms with E-state index >= 15 is 0 Å². The maximum Gasteiger partial charge on any atom is 0.223 e. The molecule has 1 saturated heterocycles. The van der Waals surface area contributed by atoms with Gasteiger partial charge in [-0.2, -0.15) is 0 Å². The van der Waals surface area contributed by atoms with Gasteiger partial charge in [-0.1, -0.05) is 12.8 Å².